The maximum absolute atomic E-state index is 10.6. The molecule has 1 aromatic heterocycles. The summed E-state index contributed by atoms with van der Waals surface area (Å²) in [5, 5.41) is 9.08. The van der Waals surface area contributed by atoms with E-state index in [1.54, 1.807) is 18.2 Å². The number of para-hydroxylation sites is 1. The van der Waals surface area contributed by atoms with Crippen molar-refractivity contribution >= 4 is 28.7 Å². The summed E-state index contributed by atoms with van der Waals surface area (Å²) in [6.07, 6.45) is -1.12. The number of oxazole rings is 1. The Morgan fingerprint density at radius 1 is 1.62 bits per heavy atom. The number of aromatic nitrogens is 1. The van der Waals surface area contributed by atoms with E-state index < -0.39 is 12.1 Å². The first-order valence-electron chi connectivity index (χ1n) is 4.52. The number of ether oxygens (including phenoxy) is 1. The highest BCUT2D eigenvalue weighted by molar-refractivity contribution is 6.34. The highest BCUT2D eigenvalue weighted by atomic mass is 35.5. The summed E-state index contributed by atoms with van der Waals surface area (Å²) < 4.78 is 10.2. The molecule has 0 radical (unpaired) electrons. The summed E-state index contributed by atoms with van der Waals surface area (Å²) in [7, 11) is 0. The van der Waals surface area contributed by atoms with E-state index in [0.29, 0.717) is 16.1 Å². The van der Waals surface area contributed by atoms with E-state index >= 15 is 0 Å². The zero-order chi connectivity index (χ0) is 11.7. The Balaban J connectivity index is 2.33. The first-order chi connectivity index (χ1) is 7.58. The van der Waals surface area contributed by atoms with Crippen LogP contribution in [0, 0.1) is 0 Å². The first-order valence-corrected chi connectivity index (χ1v) is 4.90. The Kier molecular flexibility index (Phi) is 2.70. The number of hydrogen-bond acceptors (Lipinski definition) is 4. The van der Waals surface area contributed by atoms with Crippen molar-refractivity contribution in [2.45, 2.75) is 13.0 Å². The molecule has 6 heteroatoms. The summed E-state index contributed by atoms with van der Waals surface area (Å²) in [6.45, 7) is 1.39. The van der Waals surface area contributed by atoms with Crippen molar-refractivity contribution in [1.82, 2.24) is 4.98 Å². The van der Waals surface area contributed by atoms with Gasteiger partial charge in [-0.05, 0) is 19.1 Å². The molecule has 0 aliphatic carbocycles. The average Bonchev–Trinajstić information content (AvgIpc) is 2.61. The third-order valence-corrected chi connectivity index (χ3v) is 2.28. The maximum Gasteiger partial charge on any atom is 0.395 e. The van der Waals surface area contributed by atoms with Gasteiger partial charge in [0, 0.05) is 0 Å². The van der Waals surface area contributed by atoms with Crippen LogP contribution in [0.15, 0.2) is 22.6 Å². The Morgan fingerprint density at radius 2 is 2.38 bits per heavy atom. The van der Waals surface area contributed by atoms with Gasteiger partial charge in [-0.25, -0.2) is 4.79 Å². The highest BCUT2D eigenvalue weighted by Crippen LogP contribution is 2.26. The van der Waals surface area contributed by atoms with Crippen molar-refractivity contribution in [2.75, 3.05) is 0 Å². The summed E-state index contributed by atoms with van der Waals surface area (Å²) in [5.41, 5.74) is 0.914. The van der Waals surface area contributed by atoms with Gasteiger partial charge in [-0.1, -0.05) is 17.7 Å². The minimum atomic E-state index is -1.09. The van der Waals surface area contributed by atoms with Crippen molar-refractivity contribution in [2.24, 2.45) is 0 Å². The van der Waals surface area contributed by atoms with E-state index in [0.717, 1.165) is 0 Å². The molecule has 1 unspecified atom stereocenters. The van der Waals surface area contributed by atoms with Crippen LogP contribution in [-0.4, -0.2) is 22.2 Å². The lowest BCUT2D eigenvalue weighted by atomic mass is 10.3. The van der Waals surface area contributed by atoms with Crippen molar-refractivity contribution in [3.8, 4) is 6.08 Å². The van der Waals surface area contributed by atoms with Gasteiger partial charge in [-0.3, -0.25) is 0 Å². The number of nitrogens with zero attached hydrogens (tertiary/aromatic N) is 1. The predicted octanol–water partition coefficient (Wildman–Crippen LogP) is 2.33. The van der Waals surface area contributed by atoms with E-state index in [2.05, 4.69) is 4.98 Å². The van der Waals surface area contributed by atoms with Crippen molar-refractivity contribution in [1.29, 1.82) is 0 Å². The monoisotopic (exact) mass is 241 g/mol. The predicted molar refractivity (Wildman–Crippen MR) is 56.7 cm³/mol. The van der Waals surface area contributed by atoms with Crippen LogP contribution >= 0.6 is 11.6 Å². The molecule has 0 aliphatic rings. The van der Waals surface area contributed by atoms with Crippen molar-refractivity contribution in [3.63, 3.8) is 0 Å². The summed E-state index contributed by atoms with van der Waals surface area (Å²) in [5.74, 6) is -1.09. The zero-order valence-electron chi connectivity index (χ0n) is 8.31. The number of carbonyl (C=O) groups is 1. The van der Waals surface area contributed by atoms with Crippen molar-refractivity contribution in [3.05, 3.63) is 23.2 Å². The average molecular weight is 242 g/mol. The number of carboxylic acid groups (broad SMARTS) is 1. The molecule has 16 heavy (non-hydrogen) atoms. The molecule has 5 nitrogen and oxygen atoms in total. The highest BCUT2D eigenvalue weighted by Gasteiger charge is 2.17. The first kappa shape index (κ1) is 10.8. The van der Waals surface area contributed by atoms with Crippen LogP contribution in [0.5, 0.6) is 6.08 Å². The van der Waals surface area contributed by atoms with Crippen LogP contribution in [0.25, 0.3) is 11.1 Å². The molecule has 0 spiro atoms. The topological polar surface area (TPSA) is 72.6 Å². The van der Waals surface area contributed by atoms with E-state index in [1.807, 2.05) is 0 Å². The number of carboxylic acids is 1. The Hall–Kier alpha value is -1.75. The second-order valence-electron chi connectivity index (χ2n) is 3.16. The number of fused-ring (bicyclic) bond motifs is 1. The largest absolute Gasteiger partial charge is 0.479 e. The number of halogens is 1. The standard InChI is InChI=1S/C10H8ClNO4/c1-5(9(13)14)15-10-12-8-6(11)3-2-4-7(8)16-10/h2-5H,1H3,(H,13,14). The van der Waals surface area contributed by atoms with Crippen LogP contribution in [0.2, 0.25) is 5.02 Å². The van der Waals surface area contributed by atoms with Gasteiger partial charge < -0.3 is 14.3 Å². The van der Waals surface area contributed by atoms with E-state index in [9.17, 15) is 4.79 Å². The lowest BCUT2D eigenvalue weighted by molar-refractivity contribution is -0.144. The fourth-order valence-electron chi connectivity index (χ4n) is 1.15. The summed E-state index contributed by atoms with van der Waals surface area (Å²) in [4.78, 5) is 14.5. The van der Waals surface area contributed by atoms with E-state index in [4.69, 9.17) is 25.9 Å². The van der Waals surface area contributed by atoms with Gasteiger partial charge in [0.2, 0.25) is 0 Å². The summed E-state index contributed by atoms with van der Waals surface area (Å²) >= 11 is 5.88. The molecule has 0 bridgehead atoms. The van der Waals surface area contributed by atoms with Gasteiger partial charge in [0.05, 0.1) is 5.02 Å². The van der Waals surface area contributed by atoms with E-state index in [1.165, 1.54) is 6.92 Å². The molecule has 0 aliphatic heterocycles. The number of benzene rings is 1. The Bertz CT molecular complexity index is 537. The van der Waals surface area contributed by atoms with Crippen LogP contribution in [0.1, 0.15) is 6.92 Å². The molecule has 1 atom stereocenters. The molecule has 0 saturated carbocycles. The molecule has 2 aromatic rings. The SMILES string of the molecule is CC(Oc1nc2c(Cl)cccc2o1)C(=O)O. The molecule has 1 aromatic carbocycles. The van der Waals surface area contributed by atoms with Crippen LogP contribution < -0.4 is 4.74 Å². The van der Waals surface area contributed by atoms with Gasteiger partial charge in [-0.15, -0.1) is 0 Å². The fourth-order valence-corrected chi connectivity index (χ4v) is 1.35. The van der Waals surface area contributed by atoms with Crippen LogP contribution in [0.4, 0.5) is 0 Å². The van der Waals surface area contributed by atoms with Gasteiger partial charge in [0.15, 0.2) is 11.7 Å². The number of aliphatic carboxylic acids is 1. The normalized spacial score (nSPS) is 12.6. The Morgan fingerprint density at radius 3 is 3.00 bits per heavy atom. The van der Waals surface area contributed by atoms with E-state index in [-0.39, 0.29) is 6.08 Å². The minimum absolute atomic E-state index is 0.0991. The lowest BCUT2D eigenvalue weighted by Crippen LogP contribution is -2.22. The second-order valence-corrected chi connectivity index (χ2v) is 3.57. The molecule has 2 rings (SSSR count). The molecule has 84 valence electrons. The molecule has 1 N–H and O–H groups in total. The quantitative estimate of drug-likeness (QED) is 0.893. The number of hydrogen-bond donors (Lipinski definition) is 1. The minimum Gasteiger partial charge on any atom is -0.479 e. The summed E-state index contributed by atoms with van der Waals surface area (Å²) in [6, 6.07) is 5.05. The van der Waals surface area contributed by atoms with Gasteiger partial charge >= 0.3 is 12.0 Å². The second kappa shape index (κ2) is 4.02. The van der Waals surface area contributed by atoms with Gasteiger partial charge in [0.25, 0.3) is 0 Å². The van der Waals surface area contributed by atoms with Gasteiger partial charge in [-0.2, -0.15) is 4.98 Å². The zero-order valence-corrected chi connectivity index (χ0v) is 9.06. The molecule has 0 amide bonds. The fraction of sp³-hybridized carbons (Fsp3) is 0.200. The van der Waals surface area contributed by atoms with Crippen molar-refractivity contribution < 1.29 is 19.1 Å². The molecule has 0 saturated heterocycles. The third kappa shape index (κ3) is 1.94. The van der Waals surface area contributed by atoms with Gasteiger partial charge in [0.1, 0.15) is 5.52 Å². The smallest absolute Gasteiger partial charge is 0.395 e. The third-order valence-electron chi connectivity index (χ3n) is 1.98. The lowest BCUT2D eigenvalue weighted by Gasteiger charge is -2.04. The Labute approximate surface area is 95.6 Å². The molecule has 1 heterocycles. The molecular formula is C10H8ClNO4. The van der Waals surface area contributed by atoms with Crippen LogP contribution in [0.3, 0.4) is 0 Å². The maximum atomic E-state index is 10.6. The molecule has 0 fully saturated rings. The number of rotatable bonds is 3. The van der Waals surface area contributed by atoms with Crippen LogP contribution in [-0.2, 0) is 4.79 Å². The molecular weight excluding hydrogens is 234 g/mol.